The Morgan fingerprint density at radius 3 is 2.70 bits per heavy atom. The standard InChI is InChI=1S/C21H24F3N3O3/c1-25(8-14-4-5-30-13-14)11-16-2-3-18-17-6-15(10-27(18)20(16)29)9-26(12-17)19(28)7-21(22,23)24/h2-5,13,15,17H,6-12H2,1H3/t15-,17+/m0/s1. The van der Waals surface area contributed by atoms with Crippen LogP contribution >= 0.6 is 0 Å². The minimum Gasteiger partial charge on any atom is -0.472 e. The van der Waals surface area contributed by atoms with Gasteiger partial charge in [0.15, 0.2) is 0 Å². The molecule has 2 aliphatic heterocycles. The van der Waals surface area contributed by atoms with Crippen molar-refractivity contribution in [2.24, 2.45) is 5.92 Å². The van der Waals surface area contributed by atoms with Crippen LogP contribution in [0, 0.1) is 5.92 Å². The molecule has 0 N–H and O–H groups in total. The van der Waals surface area contributed by atoms with Gasteiger partial charge in [-0.3, -0.25) is 14.5 Å². The largest absolute Gasteiger partial charge is 0.472 e. The van der Waals surface area contributed by atoms with Gasteiger partial charge in [-0.2, -0.15) is 13.2 Å². The number of carbonyl (C=O) groups is 1. The SMILES string of the molecule is CN(Cc1ccoc1)Cc1ccc2n(c1=O)C[C@H]1C[C@@H]2CN(C(=O)CC(F)(F)F)C1. The third-order valence-corrected chi connectivity index (χ3v) is 5.86. The van der Waals surface area contributed by atoms with Gasteiger partial charge in [0.25, 0.3) is 5.56 Å². The topological polar surface area (TPSA) is 58.7 Å². The lowest BCUT2D eigenvalue weighted by atomic mass is 9.83. The summed E-state index contributed by atoms with van der Waals surface area (Å²) in [6, 6.07) is 5.57. The number of fused-ring (bicyclic) bond motifs is 4. The summed E-state index contributed by atoms with van der Waals surface area (Å²) < 4.78 is 44.7. The van der Waals surface area contributed by atoms with E-state index in [2.05, 4.69) is 0 Å². The molecule has 2 aromatic rings. The second kappa shape index (κ2) is 7.94. The van der Waals surface area contributed by atoms with Crippen LogP contribution in [0.1, 0.15) is 35.6 Å². The van der Waals surface area contributed by atoms with Gasteiger partial charge in [-0.15, -0.1) is 0 Å². The van der Waals surface area contributed by atoms with E-state index in [1.165, 1.54) is 4.90 Å². The van der Waals surface area contributed by atoms with Gasteiger partial charge < -0.3 is 13.9 Å². The molecule has 0 saturated carbocycles. The molecule has 30 heavy (non-hydrogen) atoms. The lowest BCUT2D eigenvalue weighted by Gasteiger charge is -2.43. The summed E-state index contributed by atoms with van der Waals surface area (Å²) in [6.07, 6.45) is -1.87. The summed E-state index contributed by atoms with van der Waals surface area (Å²) in [6.45, 7) is 2.06. The number of nitrogens with zero attached hydrogens (tertiary/aromatic N) is 3. The van der Waals surface area contributed by atoms with Crippen LogP contribution < -0.4 is 5.56 Å². The lowest BCUT2D eigenvalue weighted by Crippen LogP contribution is -2.50. The number of carbonyl (C=O) groups excluding carboxylic acids is 1. The van der Waals surface area contributed by atoms with Crippen LogP contribution in [0.4, 0.5) is 13.2 Å². The molecule has 9 heteroatoms. The Kier molecular flexibility index (Phi) is 5.48. The molecule has 4 rings (SSSR count). The molecule has 0 unspecified atom stereocenters. The Labute approximate surface area is 171 Å². The van der Waals surface area contributed by atoms with E-state index in [-0.39, 0.29) is 30.5 Å². The number of alkyl halides is 3. The molecule has 2 atom stereocenters. The smallest absolute Gasteiger partial charge is 0.397 e. The van der Waals surface area contributed by atoms with Crippen molar-refractivity contribution >= 4 is 5.91 Å². The number of pyridine rings is 1. The first-order chi connectivity index (χ1) is 14.2. The van der Waals surface area contributed by atoms with Crippen molar-refractivity contribution in [1.29, 1.82) is 0 Å². The molecule has 6 nitrogen and oxygen atoms in total. The first-order valence-electron chi connectivity index (χ1n) is 9.96. The number of rotatable bonds is 5. The van der Waals surface area contributed by atoms with Gasteiger partial charge in [0.1, 0.15) is 6.42 Å². The molecule has 162 valence electrons. The molecule has 2 bridgehead atoms. The summed E-state index contributed by atoms with van der Waals surface area (Å²) in [5, 5.41) is 0. The van der Waals surface area contributed by atoms with Crippen molar-refractivity contribution < 1.29 is 22.4 Å². The fourth-order valence-corrected chi connectivity index (χ4v) is 4.64. The maximum absolute atomic E-state index is 13.1. The van der Waals surface area contributed by atoms with Crippen LogP contribution in [0.3, 0.4) is 0 Å². The molecule has 2 aliphatic rings. The maximum Gasteiger partial charge on any atom is 0.397 e. The summed E-state index contributed by atoms with van der Waals surface area (Å²) in [5.74, 6) is -1.00. The van der Waals surface area contributed by atoms with E-state index in [4.69, 9.17) is 4.42 Å². The first kappa shape index (κ1) is 20.7. The Balaban J connectivity index is 1.49. The van der Waals surface area contributed by atoms with Gasteiger partial charge in [0, 0.05) is 55.5 Å². The van der Waals surface area contributed by atoms with Crippen LogP contribution in [0.2, 0.25) is 0 Å². The van der Waals surface area contributed by atoms with Crippen molar-refractivity contribution in [3.63, 3.8) is 0 Å². The lowest BCUT2D eigenvalue weighted by molar-refractivity contribution is -0.163. The van der Waals surface area contributed by atoms with E-state index in [9.17, 15) is 22.8 Å². The summed E-state index contributed by atoms with van der Waals surface area (Å²) in [5.41, 5.74) is 2.45. The minimum atomic E-state index is -4.50. The average Bonchev–Trinajstić information content (AvgIpc) is 3.16. The highest BCUT2D eigenvalue weighted by molar-refractivity contribution is 5.77. The number of aromatic nitrogens is 1. The Bertz CT molecular complexity index is 968. The number of furan rings is 1. The Morgan fingerprint density at radius 2 is 2.00 bits per heavy atom. The minimum absolute atomic E-state index is 0.00922. The van der Waals surface area contributed by atoms with Crippen molar-refractivity contribution in [2.45, 2.75) is 44.6 Å². The summed E-state index contributed by atoms with van der Waals surface area (Å²) >= 11 is 0. The quantitative estimate of drug-likeness (QED) is 0.742. The third-order valence-electron chi connectivity index (χ3n) is 5.86. The van der Waals surface area contributed by atoms with Gasteiger partial charge in [0.2, 0.25) is 5.91 Å². The zero-order valence-corrected chi connectivity index (χ0v) is 16.7. The Hall–Kier alpha value is -2.55. The molecule has 1 fully saturated rings. The van der Waals surface area contributed by atoms with Crippen molar-refractivity contribution in [3.05, 3.63) is 57.9 Å². The highest BCUT2D eigenvalue weighted by Gasteiger charge is 2.40. The molecular formula is C21H24F3N3O3. The monoisotopic (exact) mass is 423 g/mol. The molecule has 0 radical (unpaired) electrons. The second-order valence-electron chi connectivity index (χ2n) is 8.39. The van der Waals surface area contributed by atoms with Crippen LogP contribution in [0.25, 0.3) is 0 Å². The maximum atomic E-state index is 13.1. The number of likely N-dealkylation sites (tertiary alicyclic amines) is 1. The van der Waals surface area contributed by atoms with Crippen LogP contribution in [-0.4, -0.2) is 46.6 Å². The van der Waals surface area contributed by atoms with Crippen molar-refractivity contribution in [3.8, 4) is 0 Å². The molecule has 0 aliphatic carbocycles. The average molecular weight is 423 g/mol. The normalized spacial score (nSPS) is 21.0. The second-order valence-corrected chi connectivity index (χ2v) is 8.39. The molecule has 4 heterocycles. The number of hydrogen-bond donors (Lipinski definition) is 0. The number of piperidine rings is 1. The van der Waals surface area contributed by atoms with E-state index in [1.54, 1.807) is 23.2 Å². The van der Waals surface area contributed by atoms with Crippen LogP contribution in [0.5, 0.6) is 0 Å². The molecular weight excluding hydrogens is 399 g/mol. The summed E-state index contributed by atoms with van der Waals surface area (Å²) in [7, 11) is 1.93. The number of amides is 1. The Morgan fingerprint density at radius 1 is 1.20 bits per heavy atom. The molecule has 2 aromatic heterocycles. The fourth-order valence-electron chi connectivity index (χ4n) is 4.64. The fraction of sp³-hybridized carbons (Fsp3) is 0.524. The zero-order chi connectivity index (χ0) is 21.5. The van der Waals surface area contributed by atoms with Crippen molar-refractivity contribution in [1.82, 2.24) is 14.4 Å². The van der Waals surface area contributed by atoms with Gasteiger partial charge >= 0.3 is 6.18 Å². The zero-order valence-electron chi connectivity index (χ0n) is 16.7. The highest BCUT2D eigenvalue weighted by Crippen LogP contribution is 2.36. The van der Waals surface area contributed by atoms with E-state index in [0.717, 1.165) is 17.7 Å². The summed E-state index contributed by atoms with van der Waals surface area (Å²) in [4.78, 5) is 28.5. The number of hydrogen-bond acceptors (Lipinski definition) is 4. The molecule has 0 spiro atoms. The number of halogens is 3. The van der Waals surface area contributed by atoms with Crippen LogP contribution in [0.15, 0.2) is 39.9 Å². The predicted molar refractivity (Wildman–Crippen MR) is 103 cm³/mol. The molecule has 1 amide bonds. The van der Waals surface area contributed by atoms with Gasteiger partial charge in [0.05, 0.1) is 12.5 Å². The van der Waals surface area contributed by atoms with Gasteiger partial charge in [-0.1, -0.05) is 6.07 Å². The van der Waals surface area contributed by atoms with E-state index >= 15 is 0 Å². The van der Waals surface area contributed by atoms with E-state index in [1.807, 2.05) is 24.1 Å². The van der Waals surface area contributed by atoms with E-state index in [0.29, 0.717) is 25.2 Å². The highest BCUT2D eigenvalue weighted by atomic mass is 19.4. The molecule has 0 aromatic carbocycles. The van der Waals surface area contributed by atoms with Crippen molar-refractivity contribution in [2.75, 3.05) is 20.1 Å². The van der Waals surface area contributed by atoms with Gasteiger partial charge in [-0.05, 0) is 31.5 Å². The van der Waals surface area contributed by atoms with Gasteiger partial charge in [-0.25, -0.2) is 0 Å². The predicted octanol–water partition coefficient (Wildman–Crippen LogP) is 2.97. The van der Waals surface area contributed by atoms with Crippen LogP contribution in [-0.2, 0) is 24.4 Å². The molecule has 1 saturated heterocycles. The van der Waals surface area contributed by atoms with E-state index < -0.39 is 18.5 Å². The third kappa shape index (κ3) is 4.45. The first-order valence-corrected chi connectivity index (χ1v) is 9.96.